The molecule has 2 N–H and O–H groups in total. The Morgan fingerprint density at radius 1 is 1.00 bits per heavy atom. The number of benzene rings is 2. The van der Waals surface area contributed by atoms with E-state index in [1.54, 1.807) is 0 Å². The third kappa shape index (κ3) is 4.45. The van der Waals surface area contributed by atoms with Crippen LogP contribution >= 0.6 is 15.9 Å². The summed E-state index contributed by atoms with van der Waals surface area (Å²) in [6.45, 7) is 5.12. The molecular weight excluding hydrogens is 384 g/mol. The third-order valence-corrected chi connectivity index (χ3v) is 4.45. The van der Waals surface area contributed by atoms with Gasteiger partial charge in [-0.25, -0.2) is 0 Å². The number of ether oxygens (including phenoxy) is 2. The molecule has 0 radical (unpaired) electrons. The van der Waals surface area contributed by atoms with Crippen molar-refractivity contribution in [2.45, 2.75) is 19.9 Å². The number of carbonyl (C=O) groups is 1. The average molecular weight is 405 g/mol. The zero-order chi connectivity index (χ0) is 17.8. The lowest BCUT2D eigenvalue weighted by Gasteiger charge is -2.24. The zero-order valence-corrected chi connectivity index (χ0v) is 15.8. The number of rotatable bonds is 5. The fraction of sp³-hybridized carbons (Fsp3) is 0.316. The molecule has 5 nitrogen and oxygen atoms in total. The van der Waals surface area contributed by atoms with Crippen LogP contribution in [0.2, 0.25) is 0 Å². The van der Waals surface area contributed by atoms with E-state index < -0.39 is 0 Å². The summed E-state index contributed by atoms with van der Waals surface area (Å²) in [5.74, 6) is 1.47. The van der Waals surface area contributed by atoms with E-state index in [2.05, 4.69) is 26.6 Å². The lowest BCUT2D eigenvalue weighted by Crippen LogP contribution is -2.38. The minimum Gasteiger partial charge on any atom is -0.486 e. The van der Waals surface area contributed by atoms with Gasteiger partial charge in [0, 0.05) is 21.9 Å². The average Bonchev–Trinajstić information content (AvgIpc) is 2.61. The van der Waals surface area contributed by atoms with Crippen molar-refractivity contribution in [2.24, 2.45) is 5.92 Å². The molecule has 0 aliphatic carbocycles. The van der Waals surface area contributed by atoms with Crippen LogP contribution in [0.1, 0.15) is 13.8 Å². The van der Waals surface area contributed by atoms with Crippen molar-refractivity contribution in [3.63, 3.8) is 0 Å². The number of fused-ring (bicyclic) bond motifs is 1. The number of nitrogens with one attached hydrogen (secondary N) is 2. The molecule has 6 heteroatoms. The lowest BCUT2D eigenvalue weighted by molar-refractivity contribution is -0.117. The molecule has 1 aliphatic heterocycles. The van der Waals surface area contributed by atoms with Crippen LogP contribution in [-0.4, -0.2) is 25.2 Å². The van der Waals surface area contributed by atoms with Crippen LogP contribution in [0.4, 0.5) is 11.4 Å². The summed E-state index contributed by atoms with van der Waals surface area (Å²) in [5.41, 5.74) is 1.59. The van der Waals surface area contributed by atoms with Gasteiger partial charge in [0.25, 0.3) is 0 Å². The van der Waals surface area contributed by atoms with Gasteiger partial charge >= 0.3 is 0 Å². The van der Waals surface area contributed by atoms with Gasteiger partial charge in [-0.1, -0.05) is 29.8 Å². The Labute approximate surface area is 155 Å². The van der Waals surface area contributed by atoms with Gasteiger partial charge in [0.1, 0.15) is 19.3 Å². The van der Waals surface area contributed by atoms with E-state index in [0.717, 1.165) is 21.6 Å². The SMILES string of the molecule is CC(C)C(Nc1ccc2c(c1)OCCO2)C(=O)Nc1ccc(Br)cc1. The van der Waals surface area contributed by atoms with Gasteiger partial charge in [0.2, 0.25) is 5.91 Å². The van der Waals surface area contributed by atoms with Crippen molar-refractivity contribution in [1.82, 2.24) is 0 Å². The zero-order valence-electron chi connectivity index (χ0n) is 14.2. The Kier molecular flexibility index (Phi) is 5.48. The molecule has 1 amide bonds. The second-order valence-corrected chi connectivity index (χ2v) is 7.14. The molecule has 0 fully saturated rings. The van der Waals surface area contributed by atoms with Gasteiger partial charge in [-0.15, -0.1) is 0 Å². The van der Waals surface area contributed by atoms with E-state index in [9.17, 15) is 4.79 Å². The minimum absolute atomic E-state index is 0.0767. The predicted molar refractivity (Wildman–Crippen MR) is 102 cm³/mol. The van der Waals surface area contributed by atoms with Crippen LogP contribution in [0.5, 0.6) is 11.5 Å². The normalized spacial score (nSPS) is 14.1. The molecule has 0 saturated heterocycles. The first-order chi connectivity index (χ1) is 12.0. The fourth-order valence-electron chi connectivity index (χ4n) is 2.60. The first-order valence-electron chi connectivity index (χ1n) is 8.25. The smallest absolute Gasteiger partial charge is 0.247 e. The first-order valence-corrected chi connectivity index (χ1v) is 9.05. The number of hydrogen-bond donors (Lipinski definition) is 2. The predicted octanol–water partition coefficient (Wildman–Crippen LogP) is 4.30. The molecule has 0 aromatic heterocycles. The lowest BCUT2D eigenvalue weighted by atomic mass is 10.0. The van der Waals surface area contributed by atoms with Crippen LogP contribution in [-0.2, 0) is 4.79 Å². The quantitative estimate of drug-likeness (QED) is 0.779. The van der Waals surface area contributed by atoms with E-state index >= 15 is 0 Å². The molecule has 2 aromatic rings. The molecule has 3 rings (SSSR count). The van der Waals surface area contributed by atoms with Gasteiger partial charge in [-0.3, -0.25) is 4.79 Å². The summed E-state index contributed by atoms with van der Waals surface area (Å²) in [6.07, 6.45) is 0. The largest absolute Gasteiger partial charge is 0.486 e. The number of hydrogen-bond acceptors (Lipinski definition) is 4. The van der Waals surface area contributed by atoms with Crippen molar-refractivity contribution in [2.75, 3.05) is 23.8 Å². The summed E-state index contributed by atoms with van der Waals surface area (Å²) < 4.78 is 12.1. The summed E-state index contributed by atoms with van der Waals surface area (Å²) in [6, 6.07) is 12.8. The summed E-state index contributed by atoms with van der Waals surface area (Å²) in [7, 11) is 0. The molecule has 0 spiro atoms. The highest BCUT2D eigenvalue weighted by molar-refractivity contribution is 9.10. The van der Waals surface area contributed by atoms with Gasteiger partial charge in [-0.05, 0) is 42.3 Å². The molecule has 1 unspecified atom stereocenters. The summed E-state index contributed by atoms with van der Waals surface area (Å²) in [4.78, 5) is 12.7. The van der Waals surface area contributed by atoms with Crippen LogP contribution in [0, 0.1) is 5.92 Å². The molecule has 1 aliphatic rings. The maximum absolute atomic E-state index is 12.7. The van der Waals surface area contributed by atoms with Gasteiger partial charge in [-0.2, -0.15) is 0 Å². The van der Waals surface area contributed by atoms with Crippen molar-refractivity contribution in [1.29, 1.82) is 0 Å². The Morgan fingerprint density at radius 2 is 1.64 bits per heavy atom. The molecule has 25 heavy (non-hydrogen) atoms. The molecule has 1 heterocycles. The van der Waals surface area contributed by atoms with Crippen molar-refractivity contribution in [3.05, 3.63) is 46.9 Å². The number of carbonyl (C=O) groups excluding carboxylic acids is 1. The van der Waals surface area contributed by atoms with Crippen molar-refractivity contribution < 1.29 is 14.3 Å². The minimum atomic E-state index is -0.369. The molecular formula is C19H21BrN2O3. The van der Waals surface area contributed by atoms with E-state index in [-0.39, 0.29) is 17.9 Å². The second kappa shape index (κ2) is 7.78. The maximum Gasteiger partial charge on any atom is 0.247 e. The first kappa shape index (κ1) is 17.6. The van der Waals surface area contributed by atoms with Gasteiger partial charge in [0.15, 0.2) is 11.5 Å². The molecule has 1 atom stereocenters. The van der Waals surface area contributed by atoms with Crippen LogP contribution < -0.4 is 20.1 Å². The van der Waals surface area contributed by atoms with Gasteiger partial charge in [0.05, 0.1) is 0 Å². The monoisotopic (exact) mass is 404 g/mol. The Hall–Kier alpha value is -2.21. The Bertz CT molecular complexity index is 747. The van der Waals surface area contributed by atoms with Crippen LogP contribution in [0.25, 0.3) is 0 Å². The highest BCUT2D eigenvalue weighted by Crippen LogP contribution is 2.33. The summed E-state index contributed by atoms with van der Waals surface area (Å²) >= 11 is 3.39. The standard InChI is InChI=1S/C19H21BrN2O3/c1-12(2)18(19(23)22-14-5-3-13(20)4-6-14)21-15-7-8-16-17(11-15)25-10-9-24-16/h3-8,11-12,18,21H,9-10H2,1-2H3,(H,22,23). The Balaban J connectivity index is 1.72. The number of amides is 1. The maximum atomic E-state index is 12.7. The van der Waals surface area contributed by atoms with E-state index in [1.165, 1.54) is 0 Å². The molecule has 0 saturated carbocycles. The Morgan fingerprint density at radius 3 is 2.32 bits per heavy atom. The molecule has 132 valence electrons. The van der Waals surface area contributed by atoms with E-state index in [1.807, 2.05) is 56.3 Å². The van der Waals surface area contributed by atoms with E-state index in [0.29, 0.717) is 19.0 Å². The summed E-state index contributed by atoms with van der Waals surface area (Å²) in [5, 5.41) is 6.26. The topological polar surface area (TPSA) is 59.6 Å². The second-order valence-electron chi connectivity index (χ2n) is 6.22. The highest BCUT2D eigenvalue weighted by Gasteiger charge is 2.23. The highest BCUT2D eigenvalue weighted by atomic mass is 79.9. The molecule has 0 bridgehead atoms. The van der Waals surface area contributed by atoms with Crippen LogP contribution in [0.15, 0.2) is 46.9 Å². The third-order valence-electron chi connectivity index (χ3n) is 3.93. The molecule has 2 aromatic carbocycles. The van der Waals surface area contributed by atoms with Crippen LogP contribution in [0.3, 0.4) is 0 Å². The van der Waals surface area contributed by atoms with Crippen molar-refractivity contribution >= 4 is 33.2 Å². The van der Waals surface area contributed by atoms with Crippen molar-refractivity contribution in [3.8, 4) is 11.5 Å². The fourth-order valence-corrected chi connectivity index (χ4v) is 2.87. The number of anilines is 2. The van der Waals surface area contributed by atoms with E-state index in [4.69, 9.17) is 9.47 Å². The van der Waals surface area contributed by atoms with Gasteiger partial charge < -0.3 is 20.1 Å². The number of halogens is 1.